The molecule has 8 N–H and O–H groups in total. The quantitative estimate of drug-likeness (QED) is 0.117. The molecule has 1 atom stereocenters. The predicted octanol–water partition coefficient (Wildman–Crippen LogP) is -3.48. The molecule has 0 bridgehead atoms. The van der Waals surface area contributed by atoms with Gasteiger partial charge in [-0.2, -0.15) is 0 Å². The molecule has 0 unspecified atom stereocenters. The lowest BCUT2D eigenvalue weighted by Gasteiger charge is -2.24. The van der Waals surface area contributed by atoms with E-state index in [-0.39, 0.29) is 24.1 Å². The molecule has 2 fully saturated rings. The number of unbranched alkanes of at least 4 members (excludes halogenated alkanes) is 1. The van der Waals surface area contributed by atoms with E-state index in [0.717, 1.165) is 118 Å². The minimum atomic E-state index is -0.490. The minimum absolute atomic E-state index is 0.0245. The van der Waals surface area contributed by atoms with Gasteiger partial charge in [-0.3, -0.25) is 24.2 Å². The van der Waals surface area contributed by atoms with Gasteiger partial charge in [0.15, 0.2) is 5.78 Å². The van der Waals surface area contributed by atoms with Gasteiger partial charge in [0, 0.05) is 111 Å². The van der Waals surface area contributed by atoms with Crippen LogP contribution in [0.5, 0.6) is 0 Å². The van der Waals surface area contributed by atoms with E-state index in [0.29, 0.717) is 19.5 Å². The van der Waals surface area contributed by atoms with Gasteiger partial charge >= 0.3 is 0 Å². The largest absolute Gasteiger partial charge is 0.355 e. The van der Waals surface area contributed by atoms with Crippen molar-refractivity contribution in [3.05, 3.63) is 0 Å². The maximum Gasteiger partial charge on any atom is 0.234 e. The van der Waals surface area contributed by atoms with Crippen LogP contribution in [0.15, 0.2) is 0 Å². The molecule has 2 heterocycles. The van der Waals surface area contributed by atoms with Crippen LogP contribution in [0.3, 0.4) is 0 Å². The molecule has 2 amide bonds. The Kier molecular flexibility index (Phi) is 19.8. The number of carbonyl (C=O) groups is 3. The number of Topliss-reactive ketones (excluding diaryl/α,β-unsaturated/α-hetero) is 1. The number of nitrogens with one attached hydrogen (secondary N) is 8. The first-order valence-electron chi connectivity index (χ1n) is 15.3. The molecule has 0 aromatic carbocycles. The van der Waals surface area contributed by atoms with Gasteiger partial charge in [0.25, 0.3) is 0 Å². The number of carbonyl (C=O) groups excluding carboxylic acids is 3. The van der Waals surface area contributed by atoms with Crippen LogP contribution in [0.1, 0.15) is 26.2 Å². The molecule has 0 spiro atoms. The SMILES string of the molecule is CC(=O)[C@H](CCCCNC(=O)CN1CCNCCNCCNCC1)NC(=O)CN1CCNCCNCCNCC1. The number of ketones is 1. The second kappa shape index (κ2) is 22.9. The van der Waals surface area contributed by atoms with E-state index in [4.69, 9.17) is 0 Å². The van der Waals surface area contributed by atoms with Gasteiger partial charge in [-0.15, -0.1) is 0 Å². The molecular weight excluding hydrogens is 512 g/mol. The molecule has 0 radical (unpaired) electrons. The molecule has 2 aliphatic rings. The summed E-state index contributed by atoms with van der Waals surface area (Å²) >= 11 is 0. The van der Waals surface area contributed by atoms with Gasteiger partial charge in [-0.05, 0) is 26.2 Å². The zero-order valence-corrected chi connectivity index (χ0v) is 24.8. The van der Waals surface area contributed by atoms with Gasteiger partial charge in [-0.25, -0.2) is 0 Å². The average molecular weight is 569 g/mol. The summed E-state index contributed by atoms with van der Waals surface area (Å²) in [6.07, 6.45) is 2.09. The minimum Gasteiger partial charge on any atom is -0.355 e. The van der Waals surface area contributed by atoms with Crippen LogP contribution in [0.2, 0.25) is 0 Å². The van der Waals surface area contributed by atoms with Gasteiger partial charge < -0.3 is 42.5 Å². The zero-order chi connectivity index (χ0) is 28.7. The Morgan fingerprint density at radius 1 is 0.600 bits per heavy atom. The van der Waals surface area contributed by atoms with Gasteiger partial charge in [0.1, 0.15) is 0 Å². The van der Waals surface area contributed by atoms with E-state index < -0.39 is 6.04 Å². The first-order chi connectivity index (χ1) is 19.5. The number of amides is 2. The Morgan fingerprint density at radius 2 is 1.00 bits per heavy atom. The third-order valence-electron chi connectivity index (χ3n) is 7.14. The smallest absolute Gasteiger partial charge is 0.234 e. The lowest BCUT2D eigenvalue weighted by Crippen LogP contribution is -2.48. The molecule has 2 rings (SSSR count). The van der Waals surface area contributed by atoms with Crippen LogP contribution in [0.4, 0.5) is 0 Å². The van der Waals surface area contributed by atoms with E-state index in [1.807, 2.05) is 0 Å². The Morgan fingerprint density at radius 3 is 1.43 bits per heavy atom. The Bertz CT molecular complexity index is 675. The predicted molar refractivity (Wildman–Crippen MR) is 160 cm³/mol. The number of hydrogen-bond donors (Lipinski definition) is 8. The highest BCUT2D eigenvalue weighted by Crippen LogP contribution is 2.03. The summed E-state index contributed by atoms with van der Waals surface area (Å²) in [5, 5.41) is 26.3. The van der Waals surface area contributed by atoms with E-state index in [2.05, 4.69) is 52.3 Å². The molecule has 0 aromatic rings. The fourth-order valence-electron chi connectivity index (χ4n) is 4.73. The molecule has 0 aliphatic carbocycles. The molecule has 0 aromatic heterocycles. The normalized spacial score (nSPS) is 21.0. The second-order valence-corrected chi connectivity index (χ2v) is 10.6. The Balaban J connectivity index is 1.64. The molecular formula is C27H56N10O3. The lowest BCUT2D eigenvalue weighted by atomic mass is 10.1. The van der Waals surface area contributed by atoms with Crippen molar-refractivity contribution in [3.63, 3.8) is 0 Å². The molecule has 40 heavy (non-hydrogen) atoms. The van der Waals surface area contributed by atoms with Crippen LogP contribution in [-0.2, 0) is 14.4 Å². The first-order valence-corrected chi connectivity index (χ1v) is 15.3. The number of rotatable bonds is 11. The van der Waals surface area contributed by atoms with Crippen molar-refractivity contribution in [1.82, 2.24) is 52.3 Å². The van der Waals surface area contributed by atoms with E-state index in [1.165, 1.54) is 6.92 Å². The zero-order valence-electron chi connectivity index (χ0n) is 24.8. The van der Waals surface area contributed by atoms with E-state index in [1.54, 1.807) is 0 Å². The van der Waals surface area contributed by atoms with Crippen LogP contribution < -0.4 is 42.5 Å². The summed E-state index contributed by atoms with van der Waals surface area (Å²) in [4.78, 5) is 41.8. The standard InChI is InChI=1S/C27H56N10O3/c1-24(38)25(35-27(40)23-37-20-16-32-12-8-29-9-13-33-17-21-37)4-2-3-5-34-26(39)22-36-18-14-30-10-6-28-7-11-31-15-19-36/h25,28-33H,2-23H2,1H3,(H,34,39)(H,35,40)/t25-/m0/s1. The molecule has 0 saturated carbocycles. The van der Waals surface area contributed by atoms with Crippen LogP contribution in [0.25, 0.3) is 0 Å². The van der Waals surface area contributed by atoms with Crippen molar-refractivity contribution in [2.45, 2.75) is 32.2 Å². The van der Waals surface area contributed by atoms with Crippen LogP contribution in [-0.4, -0.2) is 158 Å². The van der Waals surface area contributed by atoms with Crippen LogP contribution in [0, 0.1) is 0 Å². The Labute approximate surface area is 241 Å². The van der Waals surface area contributed by atoms with E-state index >= 15 is 0 Å². The van der Waals surface area contributed by atoms with Crippen molar-refractivity contribution in [2.75, 3.05) is 124 Å². The lowest BCUT2D eigenvalue weighted by molar-refractivity contribution is -0.127. The van der Waals surface area contributed by atoms with Crippen molar-refractivity contribution in [3.8, 4) is 0 Å². The van der Waals surface area contributed by atoms with Gasteiger partial charge in [0.05, 0.1) is 19.1 Å². The fraction of sp³-hybridized carbons (Fsp3) is 0.889. The van der Waals surface area contributed by atoms with Crippen LogP contribution >= 0.6 is 0 Å². The number of hydrogen-bond acceptors (Lipinski definition) is 11. The van der Waals surface area contributed by atoms with Crippen molar-refractivity contribution >= 4 is 17.6 Å². The second-order valence-electron chi connectivity index (χ2n) is 10.6. The highest BCUT2D eigenvalue weighted by atomic mass is 16.2. The molecule has 13 nitrogen and oxygen atoms in total. The Hall–Kier alpha value is -1.71. The summed E-state index contributed by atoms with van der Waals surface area (Å²) in [5.74, 6) is -0.125. The summed E-state index contributed by atoms with van der Waals surface area (Å²) in [5.41, 5.74) is 0. The van der Waals surface area contributed by atoms with Crippen molar-refractivity contribution < 1.29 is 14.4 Å². The third kappa shape index (κ3) is 17.9. The topological polar surface area (TPSA) is 154 Å². The highest BCUT2D eigenvalue weighted by Gasteiger charge is 2.19. The summed E-state index contributed by atoms with van der Waals surface area (Å²) in [6.45, 7) is 16.7. The summed E-state index contributed by atoms with van der Waals surface area (Å²) in [6, 6.07) is -0.490. The van der Waals surface area contributed by atoms with Crippen molar-refractivity contribution in [1.29, 1.82) is 0 Å². The fourth-order valence-corrected chi connectivity index (χ4v) is 4.73. The maximum absolute atomic E-state index is 12.8. The molecule has 2 aliphatic heterocycles. The molecule has 2 saturated heterocycles. The third-order valence-corrected chi connectivity index (χ3v) is 7.14. The van der Waals surface area contributed by atoms with E-state index in [9.17, 15) is 14.4 Å². The van der Waals surface area contributed by atoms with Gasteiger partial charge in [-0.1, -0.05) is 0 Å². The summed E-state index contributed by atoms with van der Waals surface area (Å²) < 4.78 is 0. The average Bonchev–Trinajstić information content (AvgIpc) is 2.90. The highest BCUT2D eigenvalue weighted by molar-refractivity contribution is 5.88. The first kappa shape index (κ1) is 34.5. The van der Waals surface area contributed by atoms with Gasteiger partial charge in [0.2, 0.25) is 11.8 Å². The monoisotopic (exact) mass is 568 g/mol. The molecule has 13 heteroatoms. The van der Waals surface area contributed by atoms with Crippen molar-refractivity contribution in [2.24, 2.45) is 0 Å². The molecule has 232 valence electrons. The number of nitrogens with zero attached hydrogens (tertiary/aromatic N) is 2. The summed E-state index contributed by atoms with van der Waals surface area (Å²) in [7, 11) is 0. The maximum atomic E-state index is 12.8.